The van der Waals surface area contributed by atoms with Crippen LogP contribution in [0.1, 0.15) is 10.5 Å². The van der Waals surface area contributed by atoms with Gasteiger partial charge >= 0.3 is 0 Å². The van der Waals surface area contributed by atoms with E-state index in [4.69, 9.17) is 0 Å². The van der Waals surface area contributed by atoms with Crippen molar-refractivity contribution in [2.75, 3.05) is 5.32 Å². The molecule has 2 N–H and O–H groups in total. The topological polar surface area (TPSA) is 83.8 Å². The Kier molecular flexibility index (Phi) is 1.79. The van der Waals surface area contributed by atoms with Crippen LogP contribution in [0, 0.1) is 0 Å². The van der Waals surface area contributed by atoms with Gasteiger partial charge in [0.2, 0.25) is 0 Å². The highest BCUT2D eigenvalue weighted by atomic mass is 16.5. The normalized spacial score (nSPS) is 9.85. The molecule has 0 radical (unpaired) electrons. The number of nitrogens with zero attached hydrogens (tertiary/aromatic N) is 2. The van der Waals surface area contributed by atoms with Gasteiger partial charge in [-0.15, -0.1) is 0 Å². The summed E-state index contributed by atoms with van der Waals surface area (Å²) >= 11 is 0. The first kappa shape index (κ1) is 7.53. The first-order valence-corrected chi connectivity index (χ1v) is 3.57. The van der Waals surface area contributed by atoms with Crippen LogP contribution in [0.2, 0.25) is 0 Å². The maximum atomic E-state index is 11.3. The predicted octanol–water partition coefficient (Wildman–Crippen LogP) is 0.650. The van der Waals surface area contributed by atoms with Crippen LogP contribution in [0.15, 0.2) is 29.2 Å². The van der Waals surface area contributed by atoms with Crippen molar-refractivity contribution in [3.8, 4) is 0 Å². The van der Waals surface area contributed by atoms with E-state index in [2.05, 4.69) is 25.2 Å². The molecule has 0 spiro atoms. The molecule has 0 fully saturated rings. The third-order valence-electron chi connectivity index (χ3n) is 1.43. The van der Waals surface area contributed by atoms with Crippen molar-refractivity contribution in [3.05, 3.63) is 30.4 Å². The van der Waals surface area contributed by atoms with Crippen molar-refractivity contribution in [3.63, 3.8) is 0 Å². The Bertz CT molecular complexity index is 379. The maximum absolute atomic E-state index is 11.3. The van der Waals surface area contributed by atoms with Crippen molar-refractivity contribution < 1.29 is 9.32 Å². The van der Waals surface area contributed by atoms with Crippen LogP contribution in [-0.2, 0) is 0 Å². The number of hydrogen-bond donors (Lipinski definition) is 2. The second-order valence-electron chi connectivity index (χ2n) is 2.33. The van der Waals surface area contributed by atoms with E-state index in [1.165, 1.54) is 18.5 Å². The molecule has 66 valence electrons. The van der Waals surface area contributed by atoms with E-state index in [0.29, 0.717) is 5.69 Å². The quantitative estimate of drug-likeness (QED) is 0.707. The lowest BCUT2D eigenvalue weighted by Gasteiger charge is -1.95. The van der Waals surface area contributed by atoms with Crippen LogP contribution in [0.4, 0.5) is 5.69 Å². The van der Waals surface area contributed by atoms with E-state index in [9.17, 15) is 4.79 Å². The molecule has 0 saturated carbocycles. The van der Waals surface area contributed by atoms with Gasteiger partial charge in [-0.3, -0.25) is 9.89 Å². The molecule has 0 aliphatic carbocycles. The number of amides is 1. The summed E-state index contributed by atoms with van der Waals surface area (Å²) in [4.78, 5) is 11.3. The summed E-state index contributed by atoms with van der Waals surface area (Å²) < 4.78 is 4.52. The minimum atomic E-state index is -0.324. The van der Waals surface area contributed by atoms with E-state index in [1.54, 1.807) is 6.20 Å². The molecule has 0 bridgehead atoms. The molecule has 1 amide bonds. The SMILES string of the molecule is O=C(Nc1cn[nH]c1)c1ccon1. The van der Waals surface area contributed by atoms with Gasteiger partial charge in [-0.05, 0) is 0 Å². The number of nitrogens with one attached hydrogen (secondary N) is 2. The van der Waals surface area contributed by atoms with Gasteiger partial charge in [-0.25, -0.2) is 0 Å². The van der Waals surface area contributed by atoms with E-state index < -0.39 is 0 Å². The summed E-state index contributed by atoms with van der Waals surface area (Å²) in [6.07, 6.45) is 4.40. The van der Waals surface area contributed by atoms with Gasteiger partial charge in [0, 0.05) is 12.3 Å². The Balaban J connectivity index is 2.08. The predicted molar refractivity (Wildman–Crippen MR) is 43.0 cm³/mol. The van der Waals surface area contributed by atoms with Crippen LogP contribution in [0.3, 0.4) is 0 Å². The average Bonchev–Trinajstić information content (AvgIpc) is 2.74. The smallest absolute Gasteiger partial charge is 0.277 e. The zero-order valence-electron chi connectivity index (χ0n) is 6.52. The number of hydrogen-bond acceptors (Lipinski definition) is 4. The van der Waals surface area contributed by atoms with Crippen molar-refractivity contribution >= 4 is 11.6 Å². The third kappa shape index (κ3) is 1.56. The average molecular weight is 178 g/mol. The lowest BCUT2D eigenvalue weighted by molar-refractivity contribution is 0.101. The third-order valence-corrected chi connectivity index (χ3v) is 1.43. The lowest BCUT2D eigenvalue weighted by Crippen LogP contribution is -2.11. The molecule has 2 rings (SSSR count). The molecule has 6 heteroatoms. The maximum Gasteiger partial charge on any atom is 0.277 e. The van der Waals surface area contributed by atoms with Crippen LogP contribution in [0.25, 0.3) is 0 Å². The summed E-state index contributed by atoms with van der Waals surface area (Å²) in [7, 11) is 0. The highest BCUT2D eigenvalue weighted by Gasteiger charge is 2.08. The van der Waals surface area contributed by atoms with Crippen LogP contribution >= 0.6 is 0 Å². The molecule has 13 heavy (non-hydrogen) atoms. The number of aromatic nitrogens is 3. The fourth-order valence-corrected chi connectivity index (χ4v) is 0.844. The zero-order valence-corrected chi connectivity index (χ0v) is 6.52. The zero-order chi connectivity index (χ0) is 9.10. The number of aromatic amines is 1. The van der Waals surface area contributed by atoms with Crippen molar-refractivity contribution in [1.82, 2.24) is 15.4 Å². The first-order valence-electron chi connectivity index (χ1n) is 3.57. The number of H-pyrrole nitrogens is 1. The Labute approximate surface area is 72.9 Å². The van der Waals surface area contributed by atoms with Gasteiger partial charge in [0.25, 0.3) is 5.91 Å². The molecule has 0 aromatic carbocycles. The summed E-state index contributed by atoms with van der Waals surface area (Å²) in [5.74, 6) is -0.324. The van der Waals surface area contributed by atoms with Gasteiger partial charge in [-0.1, -0.05) is 5.16 Å². The second-order valence-corrected chi connectivity index (χ2v) is 2.33. The highest BCUT2D eigenvalue weighted by Crippen LogP contribution is 2.04. The van der Waals surface area contributed by atoms with Gasteiger partial charge < -0.3 is 9.84 Å². The van der Waals surface area contributed by atoms with Gasteiger partial charge in [0.05, 0.1) is 11.9 Å². The van der Waals surface area contributed by atoms with Gasteiger partial charge in [0.15, 0.2) is 5.69 Å². The van der Waals surface area contributed by atoms with E-state index >= 15 is 0 Å². The minimum Gasteiger partial charge on any atom is -0.364 e. The number of carbonyl (C=O) groups excluding carboxylic acids is 1. The first-order chi connectivity index (χ1) is 6.36. The monoisotopic (exact) mass is 178 g/mol. The van der Waals surface area contributed by atoms with E-state index in [1.807, 2.05) is 0 Å². The Morgan fingerprint density at radius 3 is 3.15 bits per heavy atom. The fourth-order valence-electron chi connectivity index (χ4n) is 0.844. The molecule has 0 aliphatic rings. The van der Waals surface area contributed by atoms with Crippen LogP contribution in [0.5, 0.6) is 0 Å². The largest absolute Gasteiger partial charge is 0.364 e. The van der Waals surface area contributed by atoms with Crippen molar-refractivity contribution in [2.24, 2.45) is 0 Å². The molecule has 2 aromatic heterocycles. The van der Waals surface area contributed by atoms with E-state index in [0.717, 1.165) is 0 Å². The molecule has 0 unspecified atom stereocenters. The summed E-state index contributed by atoms with van der Waals surface area (Å²) in [5, 5.41) is 12.3. The second kappa shape index (κ2) is 3.10. The molecule has 0 saturated heterocycles. The molecule has 0 atom stereocenters. The van der Waals surface area contributed by atoms with E-state index in [-0.39, 0.29) is 11.6 Å². The van der Waals surface area contributed by atoms with Gasteiger partial charge in [-0.2, -0.15) is 5.10 Å². The molecular formula is C7H6N4O2. The Hall–Kier alpha value is -2.11. The number of anilines is 1. The molecule has 2 aromatic rings. The van der Waals surface area contributed by atoms with Crippen molar-refractivity contribution in [1.29, 1.82) is 0 Å². The van der Waals surface area contributed by atoms with Crippen LogP contribution < -0.4 is 5.32 Å². The summed E-state index contributed by atoms with van der Waals surface area (Å²) in [6.45, 7) is 0. The molecule has 0 aliphatic heterocycles. The number of carbonyl (C=O) groups is 1. The Morgan fingerprint density at radius 1 is 1.62 bits per heavy atom. The summed E-state index contributed by atoms with van der Waals surface area (Å²) in [6, 6.07) is 1.48. The Morgan fingerprint density at radius 2 is 2.54 bits per heavy atom. The molecule has 6 nitrogen and oxygen atoms in total. The van der Waals surface area contributed by atoms with Crippen LogP contribution in [-0.4, -0.2) is 21.3 Å². The molecular weight excluding hydrogens is 172 g/mol. The summed E-state index contributed by atoms with van der Waals surface area (Å²) in [5.41, 5.74) is 0.828. The minimum absolute atomic E-state index is 0.237. The standard InChI is InChI=1S/C7H6N4O2/c12-7(6-1-2-13-11-6)10-5-3-8-9-4-5/h1-4H,(H,8,9)(H,10,12). The highest BCUT2D eigenvalue weighted by molar-refractivity contribution is 6.02. The molecule has 2 heterocycles. The lowest BCUT2D eigenvalue weighted by atomic mass is 10.4. The fraction of sp³-hybridized carbons (Fsp3) is 0. The van der Waals surface area contributed by atoms with Gasteiger partial charge in [0.1, 0.15) is 6.26 Å². The van der Waals surface area contributed by atoms with Crippen molar-refractivity contribution in [2.45, 2.75) is 0 Å². The number of rotatable bonds is 2.